The number of hydrogen-bond donors (Lipinski definition) is 0. The molecule has 0 fully saturated rings. The fourth-order valence-electron chi connectivity index (χ4n) is 3.53. The first kappa shape index (κ1) is 18.7. The SMILES string of the molecule is C=C(/C=C(\C)c1cccc(-c2ccccc2)c1)c1cccc(-c2ccccc2)c1. The Labute approximate surface area is 173 Å². The maximum atomic E-state index is 4.33. The molecule has 0 atom stereocenters. The van der Waals surface area contributed by atoms with Crippen LogP contribution in [0.2, 0.25) is 0 Å². The van der Waals surface area contributed by atoms with Gasteiger partial charge in [0.1, 0.15) is 0 Å². The fourth-order valence-corrected chi connectivity index (χ4v) is 3.53. The van der Waals surface area contributed by atoms with Crippen LogP contribution in [0.4, 0.5) is 0 Å². The molecular formula is C29H24. The zero-order valence-electron chi connectivity index (χ0n) is 16.7. The van der Waals surface area contributed by atoms with Gasteiger partial charge in [0.2, 0.25) is 0 Å². The first-order valence-corrected chi connectivity index (χ1v) is 9.90. The van der Waals surface area contributed by atoms with Crippen LogP contribution in [0, 0.1) is 0 Å². The number of rotatable bonds is 5. The van der Waals surface area contributed by atoms with Gasteiger partial charge in [-0.2, -0.15) is 0 Å². The Hall–Kier alpha value is -3.64. The van der Waals surface area contributed by atoms with Crippen molar-refractivity contribution in [3.63, 3.8) is 0 Å². The zero-order chi connectivity index (χ0) is 20.1. The molecule has 4 rings (SSSR count). The summed E-state index contributed by atoms with van der Waals surface area (Å²) in [4.78, 5) is 0. The van der Waals surface area contributed by atoms with Crippen molar-refractivity contribution >= 4 is 11.1 Å². The molecule has 0 amide bonds. The van der Waals surface area contributed by atoms with Gasteiger partial charge in [0.15, 0.2) is 0 Å². The van der Waals surface area contributed by atoms with E-state index in [-0.39, 0.29) is 0 Å². The van der Waals surface area contributed by atoms with Gasteiger partial charge in [0.25, 0.3) is 0 Å². The second-order valence-corrected chi connectivity index (χ2v) is 7.25. The van der Waals surface area contributed by atoms with Crippen molar-refractivity contribution < 1.29 is 0 Å². The summed E-state index contributed by atoms with van der Waals surface area (Å²) in [6, 6.07) is 38.2. The topological polar surface area (TPSA) is 0 Å². The van der Waals surface area contributed by atoms with Crippen molar-refractivity contribution in [2.45, 2.75) is 6.92 Å². The summed E-state index contributed by atoms with van der Waals surface area (Å²) < 4.78 is 0. The molecule has 4 aromatic rings. The molecule has 0 unspecified atom stereocenters. The molecular weight excluding hydrogens is 348 g/mol. The minimum absolute atomic E-state index is 1.02. The van der Waals surface area contributed by atoms with Crippen molar-refractivity contribution in [1.29, 1.82) is 0 Å². The molecule has 0 aliphatic heterocycles. The summed E-state index contributed by atoms with van der Waals surface area (Å²) in [7, 11) is 0. The number of benzene rings is 4. The highest BCUT2D eigenvalue weighted by atomic mass is 14.1. The second kappa shape index (κ2) is 8.58. The second-order valence-electron chi connectivity index (χ2n) is 7.25. The molecule has 0 heterocycles. The molecule has 0 aromatic heterocycles. The minimum Gasteiger partial charge on any atom is -0.0911 e. The van der Waals surface area contributed by atoms with Gasteiger partial charge in [0.05, 0.1) is 0 Å². The van der Waals surface area contributed by atoms with Gasteiger partial charge in [-0.15, -0.1) is 0 Å². The van der Waals surface area contributed by atoms with E-state index in [1.807, 2.05) is 12.1 Å². The van der Waals surface area contributed by atoms with E-state index < -0.39 is 0 Å². The molecule has 0 heteroatoms. The molecule has 0 bridgehead atoms. The number of hydrogen-bond acceptors (Lipinski definition) is 0. The Morgan fingerprint density at radius 1 is 0.552 bits per heavy atom. The van der Waals surface area contributed by atoms with E-state index in [0.717, 1.165) is 11.1 Å². The van der Waals surface area contributed by atoms with E-state index in [0.29, 0.717) is 0 Å². The average Bonchev–Trinajstić information content (AvgIpc) is 2.80. The van der Waals surface area contributed by atoms with Gasteiger partial charge in [0, 0.05) is 0 Å². The first-order chi connectivity index (χ1) is 14.2. The average molecular weight is 373 g/mol. The highest BCUT2D eigenvalue weighted by molar-refractivity contribution is 5.84. The largest absolute Gasteiger partial charge is 0.0911 e. The summed E-state index contributed by atoms with van der Waals surface area (Å²) in [5.74, 6) is 0. The molecule has 0 saturated carbocycles. The van der Waals surface area contributed by atoms with Crippen LogP contribution in [0.1, 0.15) is 18.1 Å². The lowest BCUT2D eigenvalue weighted by atomic mass is 9.96. The third kappa shape index (κ3) is 4.44. The summed E-state index contributed by atoms with van der Waals surface area (Å²) in [6.45, 7) is 6.48. The summed E-state index contributed by atoms with van der Waals surface area (Å²) in [5, 5.41) is 0. The Balaban J connectivity index is 1.61. The molecule has 0 radical (unpaired) electrons. The highest BCUT2D eigenvalue weighted by Crippen LogP contribution is 2.28. The predicted octanol–water partition coefficient (Wildman–Crippen LogP) is 8.14. The first-order valence-electron chi connectivity index (χ1n) is 9.90. The quantitative estimate of drug-likeness (QED) is 0.310. The smallest absolute Gasteiger partial charge is 0.0178 e. The Bertz CT molecular complexity index is 1150. The van der Waals surface area contributed by atoms with E-state index in [1.165, 1.54) is 33.4 Å². The van der Waals surface area contributed by atoms with E-state index >= 15 is 0 Å². The predicted molar refractivity (Wildman–Crippen MR) is 126 cm³/mol. The Morgan fingerprint density at radius 2 is 1.00 bits per heavy atom. The molecule has 29 heavy (non-hydrogen) atoms. The lowest BCUT2D eigenvalue weighted by Gasteiger charge is -2.09. The van der Waals surface area contributed by atoms with Crippen LogP contribution in [-0.4, -0.2) is 0 Å². The lowest BCUT2D eigenvalue weighted by Crippen LogP contribution is -1.86. The Kier molecular flexibility index (Phi) is 5.54. The third-order valence-electron chi connectivity index (χ3n) is 5.16. The normalized spacial score (nSPS) is 11.3. The molecule has 4 aromatic carbocycles. The molecule has 0 N–H and O–H groups in total. The van der Waals surface area contributed by atoms with Crippen LogP contribution >= 0.6 is 0 Å². The van der Waals surface area contributed by atoms with Crippen LogP contribution in [0.15, 0.2) is 122 Å². The lowest BCUT2D eigenvalue weighted by molar-refractivity contribution is 1.54. The summed E-state index contributed by atoms with van der Waals surface area (Å²) in [5.41, 5.74) is 9.48. The molecule has 140 valence electrons. The molecule has 0 saturated heterocycles. The molecule has 0 aliphatic rings. The monoisotopic (exact) mass is 372 g/mol. The van der Waals surface area contributed by atoms with Crippen molar-refractivity contribution in [2.75, 3.05) is 0 Å². The molecule has 0 spiro atoms. The Morgan fingerprint density at radius 3 is 1.55 bits per heavy atom. The summed E-state index contributed by atoms with van der Waals surface area (Å²) >= 11 is 0. The van der Waals surface area contributed by atoms with E-state index in [1.54, 1.807) is 0 Å². The van der Waals surface area contributed by atoms with Crippen LogP contribution in [0.3, 0.4) is 0 Å². The minimum atomic E-state index is 1.02. The zero-order valence-corrected chi connectivity index (χ0v) is 16.7. The standard InChI is InChI=1S/C29H24/c1-22(26-15-9-17-28(20-26)24-11-5-3-6-12-24)19-23(2)27-16-10-18-29(21-27)25-13-7-4-8-14-25/h3-21H,1H2,2H3/b23-19+. The molecule has 0 aliphatic carbocycles. The van der Waals surface area contributed by atoms with E-state index in [9.17, 15) is 0 Å². The fraction of sp³-hybridized carbons (Fsp3) is 0.0345. The molecule has 0 nitrogen and oxygen atoms in total. The van der Waals surface area contributed by atoms with Crippen molar-refractivity contribution in [2.24, 2.45) is 0 Å². The van der Waals surface area contributed by atoms with Gasteiger partial charge >= 0.3 is 0 Å². The third-order valence-corrected chi connectivity index (χ3v) is 5.16. The van der Waals surface area contributed by atoms with Gasteiger partial charge in [-0.05, 0) is 63.6 Å². The van der Waals surface area contributed by atoms with E-state index in [4.69, 9.17) is 0 Å². The van der Waals surface area contributed by atoms with E-state index in [2.05, 4.69) is 117 Å². The van der Waals surface area contributed by atoms with Gasteiger partial charge in [-0.3, -0.25) is 0 Å². The highest BCUT2D eigenvalue weighted by Gasteiger charge is 2.04. The van der Waals surface area contributed by atoms with Gasteiger partial charge < -0.3 is 0 Å². The van der Waals surface area contributed by atoms with Crippen molar-refractivity contribution in [3.05, 3.63) is 133 Å². The van der Waals surface area contributed by atoms with Crippen LogP contribution in [0.5, 0.6) is 0 Å². The number of allylic oxidation sites excluding steroid dienone is 3. The summed E-state index contributed by atoms with van der Waals surface area (Å²) in [6.07, 6.45) is 2.17. The van der Waals surface area contributed by atoms with Crippen LogP contribution < -0.4 is 0 Å². The van der Waals surface area contributed by atoms with Crippen LogP contribution in [0.25, 0.3) is 33.4 Å². The van der Waals surface area contributed by atoms with Crippen molar-refractivity contribution in [3.8, 4) is 22.3 Å². The maximum Gasteiger partial charge on any atom is -0.0178 e. The van der Waals surface area contributed by atoms with Crippen LogP contribution in [-0.2, 0) is 0 Å². The maximum absolute atomic E-state index is 4.33. The van der Waals surface area contributed by atoms with Gasteiger partial charge in [-0.25, -0.2) is 0 Å². The van der Waals surface area contributed by atoms with Crippen molar-refractivity contribution in [1.82, 2.24) is 0 Å². The van der Waals surface area contributed by atoms with Gasteiger partial charge in [-0.1, -0.05) is 110 Å².